The van der Waals surface area contributed by atoms with Gasteiger partial charge in [0.1, 0.15) is 17.4 Å². The highest BCUT2D eigenvalue weighted by Crippen LogP contribution is 2.13. The quantitative estimate of drug-likeness (QED) is 0.847. The van der Waals surface area contributed by atoms with Crippen molar-refractivity contribution >= 4 is 11.6 Å². The first-order valence-electron chi connectivity index (χ1n) is 5.03. The maximum atomic E-state index is 5.28. The van der Waals surface area contributed by atoms with E-state index in [-0.39, 0.29) is 0 Å². The van der Waals surface area contributed by atoms with Crippen molar-refractivity contribution in [1.29, 1.82) is 0 Å². The second kappa shape index (κ2) is 4.65. The molecule has 0 radical (unpaired) electrons. The summed E-state index contributed by atoms with van der Waals surface area (Å²) in [5.74, 6) is 2.46. The number of furan rings is 1. The predicted octanol–water partition coefficient (Wildman–Crippen LogP) is 1.75. The molecule has 84 valence electrons. The summed E-state index contributed by atoms with van der Waals surface area (Å²) in [5, 5.41) is 2.96. The molecule has 2 heterocycles. The molecular formula is C11H14N4O. The summed E-state index contributed by atoms with van der Waals surface area (Å²) in [6.45, 7) is 0.675. The van der Waals surface area contributed by atoms with Crippen LogP contribution in [0.3, 0.4) is 0 Å². The first-order chi connectivity index (χ1) is 7.79. The van der Waals surface area contributed by atoms with Crippen LogP contribution in [0.1, 0.15) is 5.76 Å². The van der Waals surface area contributed by atoms with Gasteiger partial charge in [-0.1, -0.05) is 0 Å². The van der Waals surface area contributed by atoms with E-state index >= 15 is 0 Å². The molecule has 5 heteroatoms. The first-order valence-corrected chi connectivity index (χ1v) is 5.03. The van der Waals surface area contributed by atoms with Crippen molar-refractivity contribution in [2.75, 3.05) is 24.3 Å². The Morgan fingerprint density at radius 3 is 3.00 bits per heavy atom. The van der Waals surface area contributed by atoms with Gasteiger partial charge in [-0.3, -0.25) is 4.98 Å². The summed E-state index contributed by atoms with van der Waals surface area (Å²) in [6, 6.07) is 3.81. The largest absolute Gasteiger partial charge is 0.467 e. The molecule has 0 bridgehead atoms. The number of nitrogens with one attached hydrogen (secondary N) is 1. The van der Waals surface area contributed by atoms with Gasteiger partial charge in [0.15, 0.2) is 0 Å². The number of nitrogens with zero attached hydrogens (tertiary/aromatic N) is 3. The van der Waals surface area contributed by atoms with Gasteiger partial charge in [0.25, 0.3) is 0 Å². The highest BCUT2D eigenvalue weighted by atomic mass is 16.3. The number of aromatic nitrogens is 2. The first kappa shape index (κ1) is 10.5. The highest BCUT2D eigenvalue weighted by molar-refractivity contribution is 5.42. The fraction of sp³-hybridized carbons (Fsp3) is 0.273. The fourth-order valence-corrected chi connectivity index (χ4v) is 1.38. The third kappa shape index (κ3) is 2.31. The molecule has 5 nitrogen and oxygen atoms in total. The van der Waals surface area contributed by atoms with Crippen LogP contribution in [0.5, 0.6) is 0 Å². The van der Waals surface area contributed by atoms with Crippen LogP contribution in [0.25, 0.3) is 0 Å². The zero-order valence-electron chi connectivity index (χ0n) is 9.34. The minimum Gasteiger partial charge on any atom is -0.467 e. The summed E-state index contributed by atoms with van der Waals surface area (Å²) in [5.41, 5.74) is 0. The van der Waals surface area contributed by atoms with E-state index in [1.54, 1.807) is 18.7 Å². The number of hydrogen-bond acceptors (Lipinski definition) is 5. The van der Waals surface area contributed by atoms with Crippen LogP contribution in [0.4, 0.5) is 11.6 Å². The van der Waals surface area contributed by atoms with Gasteiger partial charge in [-0.05, 0) is 12.1 Å². The predicted molar refractivity (Wildman–Crippen MR) is 62.4 cm³/mol. The Kier molecular flexibility index (Phi) is 3.05. The van der Waals surface area contributed by atoms with E-state index in [4.69, 9.17) is 4.42 Å². The molecule has 0 amide bonds. The van der Waals surface area contributed by atoms with Gasteiger partial charge in [0.2, 0.25) is 0 Å². The average molecular weight is 218 g/mol. The van der Waals surface area contributed by atoms with Crippen molar-refractivity contribution in [1.82, 2.24) is 9.97 Å². The lowest BCUT2D eigenvalue weighted by atomic mass is 10.4. The normalized spacial score (nSPS) is 10.1. The third-order valence-electron chi connectivity index (χ3n) is 2.24. The highest BCUT2D eigenvalue weighted by Gasteiger charge is 2.06. The Balaban J connectivity index is 2.11. The van der Waals surface area contributed by atoms with Gasteiger partial charge in [0, 0.05) is 14.1 Å². The van der Waals surface area contributed by atoms with Crippen LogP contribution in [0, 0.1) is 0 Å². The summed E-state index contributed by atoms with van der Waals surface area (Å²) < 4.78 is 5.28. The summed E-state index contributed by atoms with van der Waals surface area (Å²) in [7, 11) is 3.77. The molecule has 0 atom stereocenters. The molecule has 2 aromatic rings. The third-order valence-corrected chi connectivity index (χ3v) is 2.24. The molecule has 0 aliphatic rings. The molecule has 0 aliphatic heterocycles. The van der Waals surface area contributed by atoms with Crippen molar-refractivity contribution in [2.24, 2.45) is 0 Å². The smallest absolute Gasteiger partial charge is 0.149 e. The van der Waals surface area contributed by atoms with E-state index in [0.717, 1.165) is 17.4 Å². The fourth-order valence-electron chi connectivity index (χ4n) is 1.38. The minimum atomic E-state index is 0.675. The topological polar surface area (TPSA) is 54.2 Å². The molecule has 16 heavy (non-hydrogen) atoms. The lowest BCUT2D eigenvalue weighted by Crippen LogP contribution is -2.17. The second-order valence-electron chi connectivity index (χ2n) is 3.45. The van der Waals surface area contributed by atoms with E-state index in [9.17, 15) is 0 Å². The van der Waals surface area contributed by atoms with Crippen LogP contribution >= 0.6 is 0 Å². The Hall–Kier alpha value is -2.04. The van der Waals surface area contributed by atoms with E-state index in [0.29, 0.717) is 6.54 Å². The molecule has 2 rings (SSSR count). The van der Waals surface area contributed by atoms with Gasteiger partial charge in [-0.25, -0.2) is 4.98 Å². The lowest BCUT2D eigenvalue weighted by molar-refractivity contribution is 0.507. The van der Waals surface area contributed by atoms with Gasteiger partial charge < -0.3 is 14.6 Å². The van der Waals surface area contributed by atoms with E-state index < -0.39 is 0 Å². The SMILES string of the molecule is CNc1cncc(N(C)Cc2ccco2)n1. The molecule has 2 aromatic heterocycles. The molecule has 0 aliphatic carbocycles. The van der Waals surface area contributed by atoms with Crippen LogP contribution < -0.4 is 10.2 Å². The zero-order valence-corrected chi connectivity index (χ0v) is 9.34. The molecule has 0 fully saturated rings. The maximum absolute atomic E-state index is 5.28. The molecule has 0 unspecified atom stereocenters. The molecular weight excluding hydrogens is 204 g/mol. The summed E-state index contributed by atoms with van der Waals surface area (Å²) in [6.07, 6.45) is 5.08. The zero-order chi connectivity index (χ0) is 11.4. The van der Waals surface area contributed by atoms with Crippen molar-refractivity contribution < 1.29 is 4.42 Å². The minimum absolute atomic E-state index is 0.675. The van der Waals surface area contributed by atoms with Crippen molar-refractivity contribution in [3.8, 4) is 0 Å². The van der Waals surface area contributed by atoms with Crippen molar-refractivity contribution in [3.05, 3.63) is 36.5 Å². The van der Waals surface area contributed by atoms with Crippen LogP contribution in [0.15, 0.2) is 35.2 Å². The van der Waals surface area contributed by atoms with E-state index in [1.165, 1.54) is 0 Å². The molecule has 0 saturated carbocycles. The molecule has 0 saturated heterocycles. The van der Waals surface area contributed by atoms with Crippen molar-refractivity contribution in [2.45, 2.75) is 6.54 Å². The molecule has 1 N–H and O–H groups in total. The van der Waals surface area contributed by atoms with Crippen LogP contribution in [0.2, 0.25) is 0 Å². The Labute approximate surface area is 94.1 Å². The average Bonchev–Trinajstić information content (AvgIpc) is 2.82. The number of hydrogen-bond donors (Lipinski definition) is 1. The summed E-state index contributed by atoms with van der Waals surface area (Å²) >= 11 is 0. The van der Waals surface area contributed by atoms with Gasteiger partial charge in [-0.2, -0.15) is 0 Å². The number of anilines is 2. The van der Waals surface area contributed by atoms with Crippen molar-refractivity contribution in [3.63, 3.8) is 0 Å². The lowest BCUT2D eigenvalue weighted by Gasteiger charge is -2.16. The Bertz CT molecular complexity index is 441. The second-order valence-corrected chi connectivity index (χ2v) is 3.45. The van der Waals surface area contributed by atoms with E-state index in [1.807, 2.05) is 31.1 Å². The molecule has 0 spiro atoms. The number of rotatable bonds is 4. The standard InChI is InChI=1S/C11H14N4O/c1-12-10-6-13-7-11(14-10)15(2)8-9-4-3-5-16-9/h3-7H,8H2,1-2H3,(H,12,14). The van der Waals surface area contributed by atoms with Gasteiger partial charge >= 0.3 is 0 Å². The van der Waals surface area contributed by atoms with Crippen LogP contribution in [-0.2, 0) is 6.54 Å². The van der Waals surface area contributed by atoms with Gasteiger partial charge in [-0.15, -0.1) is 0 Å². The monoisotopic (exact) mass is 218 g/mol. The van der Waals surface area contributed by atoms with E-state index in [2.05, 4.69) is 15.3 Å². The Morgan fingerprint density at radius 2 is 2.31 bits per heavy atom. The molecule has 0 aromatic carbocycles. The Morgan fingerprint density at radius 1 is 1.44 bits per heavy atom. The maximum Gasteiger partial charge on any atom is 0.149 e. The van der Waals surface area contributed by atoms with Gasteiger partial charge in [0.05, 0.1) is 25.2 Å². The summed E-state index contributed by atoms with van der Waals surface area (Å²) in [4.78, 5) is 10.5. The van der Waals surface area contributed by atoms with Crippen LogP contribution in [-0.4, -0.2) is 24.1 Å².